The number of aryl methyl sites for hydroxylation is 1. The van der Waals surface area contributed by atoms with Crippen LogP contribution in [0.25, 0.3) is 27.0 Å². The first kappa shape index (κ1) is 16.6. The summed E-state index contributed by atoms with van der Waals surface area (Å²) in [5.41, 5.74) is 3.65. The Kier molecular flexibility index (Phi) is 4.60. The Morgan fingerprint density at radius 2 is 2.12 bits per heavy atom. The molecular formula is C20H15N3OS2. The van der Waals surface area contributed by atoms with Crippen LogP contribution in [0.15, 0.2) is 60.1 Å². The zero-order valence-electron chi connectivity index (χ0n) is 14.0. The molecule has 128 valence electrons. The predicted octanol–water partition coefficient (Wildman–Crippen LogP) is 5.38. The van der Waals surface area contributed by atoms with Gasteiger partial charge in [-0.25, -0.2) is 9.97 Å². The van der Waals surface area contributed by atoms with Crippen LogP contribution in [0.4, 0.5) is 5.69 Å². The third kappa shape index (κ3) is 3.56. The highest BCUT2D eigenvalue weighted by atomic mass is 32.1. The van der Waals surface area contributed by atoms with Gasteiger partial charge in [-0.1, -0.05) is 29.5 Å². The van der Waals surface area contributed by atoms with Crippen LogP contribution in [0.2, 0.25) is 0 Å². The Morgan fingerprint density at radius 1 is 1.19 bits per heavy atom. The van der Waals surface area contributed by atoms with E-state index in [9.17, 15) is 4.79 Å². The lowest BCUT2D eigenvalue weighted by Crippen LogP contribution is -2.09. The van der Waals surface area contributed by atoms with E-state index in [1.54, 1.807) is 34.9 Å². The number of fused-ring (bicyclic) bond motifs is 1. The predicted molar refractivity (Wildman–Crippen MR) is 110 cm³/mol. The second-order valence-electron chi connectivity index (χ2n) is 5.71. The van der Waals surface area contributed by atoms with Crippen LogP contribution in [-0.4, -0.2) is 15.9 Å². The SMILES string of the molecule is Cc1ccc(-c2nc3cccnc3s2)cc1NC(=O)/C=C/c1cccs1. The van der Waals surface area contributed by atoms with Gasteiger partial charge in [-0.15, -0.1) is 11.3 Å². The van der Waals surface area contributed by atoms with Crippen LogP contribution < -0.4 is 5.32 Å². The zero-order valence-corrected chi connectivity index (χ0v) is 15.6. The minimum atomic E-state index is -0.149. The number of nitrogens with zero attached hydrogens (tertiary/aromatic N) is 2. The van der Waals surface area contributed by atoms with Gasteiger partial charge in [0.1, 0.15) is 15.4 Å². The first-order valence-corrected chi connectivity index (χ1v) is 9.74. The summed E-state index contributed by atoms with van der Waals surface area (Å²) in [6.45, 7) is 1.97. The second-order valence-corrected chi connectivity index (χ2v) is 7.67. The third-order valence-electron chi connectivity index (χ3n) is 3.85. The van der Waals surface area contributed by atoms with E-state index in [1.165, 1.54) is 0 Å². The average molecular weight is 377 g/mol. The van der Waals surface area contributed by atoms with Crippen molar-refractivity contribution >= 4 is 50.7 Å². The van der Waals surface area contributed by atoms with Crippen molar-refractivity contribution in [3.05, 3.63) is 70.6 Å². The smallest absolute Gasteiger partial charge is 0.248 e. The summed E-state index contributed by atoms with van der Waals surface area (Å²) in [7, 11) is 0. The Hall–Kier alpha value is -2.83. The summed E-state index contributed by atoms with van der Waals surface area (Å²) in [4.78, 5) is 23.2. The molecule has 3 heterocycles. The molecule has 4 nitrogen and oxygen atoms in total. The number of anilines is 1. The number of carbonyl (C=O) groups is 1. The minimum Gasteiger partial charge on any atom is -0.322 e. The number of thiazole rings is 1. The lowest BCUT2D eigenvalue weighted by Gasteiger charge is -2.08. The highest BCUT2D eigenvalue weighted by Crippen LogP contribution is 2.31. The summed E-state index contributed by atoms with van der Waals surface area (Å²) >= 11 is 3.14. The van der Waals surface area contributed by atoms with Gasteiger partial charge in [0.15, 0.2) is 0 Å². The summed E-state index contributed by atoms with van der Waals surface area (Å²) in [5.74, 6) is -0.149. The van der Waals surface area contributed by atoms with Crippen LogP contribution in [0, 0.1) is 6.92 Å². The fraction of sp³-hybridized carbons (Fsp3) is 0.0500. The van der Waals surface area contributed by atoms with Crippen LogP contribution in [0.5, 0.6) is 0 Å². The van der Waals surface area contributed by atoms with E-state index in [0.717, 1.165) is 37.0 Å². The summed E-state index contributed by atoms with van der Waals surface area (Å²) in [6, 6.07) is 13.7. The molecular weight excluding hydrogens is 362 g/mol. The number of nitrogens with one attached hydrogen (secondary N) is 1. The van der Waals surface area contributed by atoms with Crippen LogP contribution in [0.1, 0.15) is 10.4 Å². The lowest BCUT2D eigenvalue weighted by molar-refractivity contribution is -0.111. The van der Waals surface area contributed by atoms with Gasteiger partial charge in [0.25, 0.3) is 0 Å². The maximum atomic E-state index is 12.2. The molecule has 3 aromatic heterocycles. The Labute approximate surface area is 158 Å². The maximum absolute atomic E-state index is 12.2. The molecule has 1 amide bonds. The van der Waals surface area contributed by atoms with Gasteiger partial charge in [-0.2, -0.15) is 0 Å². The van der Waals surface area contributed by atoms with Gasteiger partial charge in [-0.3, -0.25) is 4.79 Å². The molecule has 0 aliphatic rings. The highest BCUT2D eigenvalue weighted by Gasteiger charge is 2.10. The quantitative estimate of drug-likeness (QED) is 0.486. The molecule has 0 aliphatic heterocycles. The Balaban J connectivity index is 1.58. The fourth-order valence-corrected chi connectivity index (χ4v) is 4.02. The van der Waals surface area contributed by atoms with E-state index >= 15 is 0 Å². The van der Waals surface area contributed by atoms with Crippen molar-refractivity contribution in [1.29, 1.82) is 0 Å². The molecule has 0 fully saturated rings. The van der Waals surface area contributed by atoms with Crippen molar-refractivity contribution < 1.29 is 4.79 Å². The van der Waals surface area contributed by atoms with Gasteiger partial charge in [-0.05, 0) is 48.2 Å². The van der Waals surface area contributed by atoms with E-state index in [4.69, 9.17) is 0 Å². The molecule has 0 spiro atoms. The standard InChI is InChI=1S/C20H15N3OS2/c1-13-6-7-14(19-23-16-5-2-10-21-20(16)26-19)12-17(13)22-18(24)9-8-15-4-3-11-25-15/h2-12H,1H3,(H,22,24)/b9-8+. The van der Waals surface area contributed by atoms with E-state index in [-0.39, 0.29) is 5.91 Å². The number of benzene rings is 1. The summed E-state index contributed by atoms with van der Waals surface area (Å²) in [6.07, 6.45) is 5.14. The fourth-order valence-electron chi connectivity index (χ4n) is 2.50. The summed E-state index contributed by atoms with van der Waals surface area (Å²) < 4.78 is 0. The molecule has 0 bridgehead atoms. The van der Waals surface area contributed by atoms with E-state index in [2.05, 4.69) is 15.3 Å². The van der Waals surface area contributed by atoms with Crippen molar-refractivity contribution in [2.45, 2.75) is 6.92 Å². The molecule has 26 heavy (non-hydrogen) atoms. The minimum absolute atomic E-state index is 0.149. The van der Waals surface area contributed by atoms with Gasteiger partial charge < -0.3 is 5.32 Å². The molecule has 0 atom stereocenters. The summed E-state index contributed by atoms with van der Waals surface area (Å²) in [5, 5.41) is 5.83. The maximum Gasteiger partial charge on any atom is 0.248 e. The van der Waals surface area contributed by atoms with Crippen LogP contribution in [-0.2, 0) is 4.79 Å². The van der Waals surface area contributed by atoms with Gasteiger partial charge in [0.2, 0.25) is 5.91 Å². The molecule has 1 aromatic carbocycles. The lowest BCUT2D eigenvalue weighted by atomic mass is 10.1. The third-order valence-corrected chi connectivity index (χ3v) is 5.72. The van der Waals surface area contributed by atoms with Crippen LogP contribution in [0.3, 0.4) is 0 Å². The van der Waals surface area contributed by atoms with Gasteiger partial charge in [0, 0.05) is 28.4 Å². The highest BCUT2D eigenvalue weighted by molar-refractivity contribution is 7.21. The largest absolute Gasteiger partial charge is 0.322 e. The van der Waals surface area contributed by atoms with Gasteiger partial charge >= 0.3 is 0 Å². The molecule has 1 N–H and O–H groups in total. The first-order valence-electron chi connectivity index (χ1n) is 8.04. The number of rotatable bonds is 4. The molecule has 0 unspecified atom stereocenters. The van der Waals surface area contributed by atoms with E-state index < -0.39 is 0 Å². The van der Waals surface area contributed by atoms with Crippen molar-refractivity contribution in [2.75, 3.05) is 5.32 Å². The average Bonchev–Trinajstić information content (AvgIpc) is 3.31. The van der Waals surface area contributed by atoms with Crippen molar-refractivity contribution in [1.82, 2.24) is 9.97 Å². The second kappa shape index (κ2) is 7.19. The number of hydrogen-bond donors (Lipinski definition) is 1. The number of thiophene rings is 1. The van der Waals surface area contributed by atoms with Gasteiger partial charge in [0.05, 0.1) is 0 Å². The Bertz CT molecular complexity index is 1060. The molecule has 0 aliphatic carbocycles. The zero-order chi connectivity index (χ0) is 17.9. The van der Waals surface area contributed by atoms with E-state index in [0.29, 0.717) is 0 Å². The molecule has 4 rings (SSSR count). The molecule has 0 saturated heterocycles. The van der Waals surface area contributed by atoms with Crippen molar-refractivity contribution in [3.8, 4) is 10.6 Å². The number of pyridine rings is 1. The number of amides is 1. The monoisotopic (exact) mass is 377 g/mol. The molecule has 0 saturated carbocycles. The number of carbonyl (C=O) groups excluding carboxylic acids is 1. The molecule has 0 radical (unpaired) electrons. The normalized spacial score (nSPS) is 11.3. The number of hydrogen-bond acceptors (Lipinski definition) is 5. The van der Waals surface area contributed by atoms with Crippen molar-refractivity contribution in [2.24, 2.45) is 0 Å². The molecule has 6 heteroatoms. The topological polar surface area (TPSA) is 54.9 Å². The van der Waals surface area contributed by atoms with Crippen molar-refractivity contribution in [3.63, 3.8) is 0 Å². The Morgan fingerprint density at radius 3 is 2.92 bits per heavy atom. The van der Waals surface area contributed by atoms with E-state index in [1.807, 2.05) is 60.8 Å². The first-order chi connectivity index (χ1) is 12.7. The van der Waals surface area contributed by atoms with Crippen LogP contribution >= 0.6 is 22.7 Å². The molecule has 4 aromatic rings. The number of aromatic nitrogens is 2.